The van der Waals surface area contributed by atoms with E-state index in [0.29, 0.717) is 0 Å². The molecule has 1 aromatic rings. The Kier molecular flexibility index (Phi) is 3.90. The summed E-state index contributed by atoms with van der Waals surface area (Å²) in [5.41, 5.74) is -0.714. The minimum atomic E-state index is -4.71. The van der Waals surface area contributed by atoms with E-state index in [1.807, 2.05) is 0 Å². The standard InChI is InChI=1S/C11H10F2N2O5S/c12-9-2-1-8(4-10(9)15(17)18)14-5-7(3-11(14)16)6-21(13,19)20/h1-2,4,7H,3,5-6H2. The number of carbonyl (C=O) groups is 1. The molecular formula is C11H10F2N2O5S. The molecule has 2 rings (SSSR count). The Morgan fingerprint density at radius 2 is 2.10 bits per heavy atom. The van der Waals surface area contributed by atoms with Gasteiger partial charge < -0.3 is 4.90 Å². The van der Waals surface area contributed by atoms with Crippen molar-refractivity contribution >= 4 is 27.5 Å². The minimum absolute atomic E-state index is 0.0758. The van der Waals surface area contributed by atoms with Crippen molar-refractivity contribution in [1.82, 2.24) is 0 Å². The first-order valence-corrected chi connectivity index (χ1v) is 7.39. The van der Waals surface area contributed by atoms with Crippen LogP contribution in [0, 0.1) is 21.8 Å². The summed E-state index contributed by atoms with van der Waals surface area (Å²) < 4.78 is 47.0. The van der Waals surface area contributed by atoms with E-state index in [0.717, 1.165) is 17.0 Å². The van der Waals surface area contributed by atoms with Gasteiger partial charge in [-0.05, 0) is 12.1 Å². The van der Waals surface area contributed by atoms with Gasteiger partial charge in [0.2, 0.25) is 11.7 Å². The van der Waals surface area contributed by atoms with Gasteiger partial charge in [-0.2, -0.15) is 12.8 Å². The molecule has 7 nitrogen and oxygen atoms in total. The molecule has 10 heteroatoms. The van der Waals surface area contributed by atoms with Gasteiger partial charge in [0.1, 0.15) is 0 Å². The number of amides is 1. The predicted octanol–water partition coefficient (Wildman–Crippen LogP) is 1.39. The number of nitro groups is 1. The van der Waals surface area contributed by atoms with Crippen LogP contribution in [-0.4, -0.2) is 31.5 Å². The zero-order valence-corrected chi connectivity index (χ0v) is 11.3. The van der Waals surface area contributed by atoms with Crippen LogP contribution in [0.4, 0.5) is 19.7 Å². The van der Waals surface area contributed by atoms with Crippen LogP contribution in [0.1, 0.15) is 6.42 Å². The van der Waals surface area contributed by atoms with Gasteiger partial charge >= 0.3 is 15.9 Å². The van der Waals surface area contributed by atoms with Crippen molar-refractivity contribution in [3.8, 4) is 0 Å². The third-order valence-corrected chi connectivity index (χ3v) is 3.95. The van der Waals surface area contributed by atoms with Crippen LogP contribution < -0.4 is 4.90 Å². The molecule has 1 amide bonds. The summed E-state index contributed by atoms with van der Waals surface area (Å²) in [4.78, 5) is 22.6. The lowest BCUT2D eigenvalue weighted by Crippen LogP contribution is -2.25. The van der Waals surface area contributed by atoms with E-state index in [4.69, 9.17) is 0 Å². The van der Waals surface area contributed by atoms with E-state index in [-0.39, 0.29) is 18.7 Å². The Labute approximate surface area is 118 Å². The molecule has 114 valence electrons. The maximum absolute atomic E-state index is 13.2. The van der Waals surface area contributed by atoms with Crippen LogP contribution in [0.3, 0.4) is 0 Å². The van der Waals surface area contributed by atoms with E-state index >= 15 is 0 Å². The summed E-state index contributed by atoms with van der Waals surface area (Å²) in [6.45, 7) is -0.0925. The van der Waals surface area contributed by atoms with E-state index in [1.165, 1.54) is 6.07 Å². The molecule has 1 aliphatic heterocycles. The summed E-state index contributed by atoms with van der Waals surface area (Å²) in [5, 5.41) is 10.7. The van der Waals surface area contributed by atoms with Crippen molar-refractivity contribution in [3.63, 3.8) is 0 Å². The van der Waals surface area contributed by atoms with Crippen LogP contribution in [-0.2, 0) is 15.0 Å². The van der Waals surface area contributed by atoms with Crippen LogP contribution in [0.2, 0.25) is 0 Å². The summed E-state index contributed by atoms with van der Waals surface area (Å²) >= 11 is 0. The largest absolute Gasteiger partial charge is 0.312 e. The first-order chi connectivity index (χ1) is 9.67. The number of hydrogen-bond donors (Lipinski definition) is 0. The summed E-state index contributed by atoms with van der Waals surface area (Å²) in [5.74, 6) is -3.07. The molecule has 1 atom stereocenters. The lowest BCUT2D eigenvalue weighted by Gasteiger charge is -2.16. The number of nitrogens with zero attached hydrogens (tertiary/aromatic N) is 2. The summed E-state index contributed by atoms with van der Waals surface area (Å²) in [6, 6.07) is 2.91. The van der Waals surface area contributed by atoms with Crippen LogP contribution in [0.5, 0.6) is 0 Å². The number of anilines is 1. The normalized spacial score (nSPS) is 19.0. The quantitative estimate of drug-likeness (QED) is 0.474. The molecule has 1 saturated heterocycles. The number of halogens is 2. The van der Waals surface area contributed by atoms with Crippen molar-refractivity contribution in [2.45, 2.75) is 6.42 Å². The van der Waals surface area contributed by atoms with Gasteiger partial charge in [0, 0.05) is 24.9 Å². The highest BCUT2D eigenvalue weighted by molar-refractivity contribution is 7.86. The molecule has 21 heavy (non-hydrogen) atoms. The molecule has 0 N–H and O–H groups in total. The molecule has 0 bridgehead atoms. The predicted molar refractivity (Wildman–Crippen MR) is 68.4 cm³/mol. The highest BCUT2D eigenvalue weighted by Gasteiger charge is 2.34. The zero-order valence-electron chi connectivity index (χ0n) is 10.5. The molecule has 0 aliphatic carbocycles. The maximum Gasteiger partial charge on any atom is 0.306 e. The summed E-state index contributed by atoms with van der Waals surface area (Å²) in [6.07, 6.45) is -0.186. The van der Waals surface area contributed by atoms with Gasteiger partial charge in [-0.1, -0.05) is 0 Å². The maximum atomic E-state index is 13.2. The lowest BCUT2D eigenvalue weighted by molar-refractivity contribution is -0.387. The monoisotopic (exact) mass is 320 g/mol. The highest BCUT2D eigenvalue weighted by Crippen LogP contribution is 2.30. The fraction of sp³-hybridized carbons (Fsp3) is 0.364. The Hall–Kier alpha value is -2.10. The van der Waals surface area contributed by atoms with Crippen LogP contribution >= 0.6 is 0 Å². The smallest absolute Gasteiger partial charge is 0.306 e. The van der Waals surface area contributed by atoms with Gasteiger partial charge in [0.15, 0.2) is 0 Å². The molecule has 0 spiro atoms. The molecule has 1 aliphatic rings. The lowest BCUT2D eigenvalue weighted by atomic mass is 10.1. The first kappa shape index (κ1) is 15.3. The zero-order chi connectivity index (χ0) is 15.8. The number of carbonyl (C=O) groups excluding carboxylic acids is 1. The third-order valence-electron chi connectivity index (χ3n) is 3.08. The Morgan fingerprint density at radius 3 is 2.67 bits per heavy atom. The molecule has 1 heterocycles. The molecule has 1 unspecified atom stereocenters. The second-order valence-electron chi connectivity index (χ2n) is 4.67. The third kappa shape index (κ3) is 3.51. The Bertz CT molecular complexity index is 707. The van der Waals surface area contributed by atoms with Crippen molar-refractivity contribution in [3.05, 3.63) is 34.1 Å². The van der Waals surface area contributed by atoms with E-state index < -0.39 is 44.2 Å². The van der Waals surface area contributed by atoms with Gasteiger partial charge in [-0.15, -0.1) is 3.89 Å². The fourth-order valence-electron chi connectivity index (χ4n) is 2.23. The second kappa shape index (κ2) is 5.35. The molecule has 1 aromatic carbocycles. The average molecular weight is 320 g/mol. The van der Waals surface area contributed by atoms with Crippen molar-refractivity contribution in [2.75, 3.05) is 17.2 Å². The van der Waals surface area contributed by atoms with Crippen molar-refractivity contribution < 1.29 is 26.4 Å². The summed E-state index contributed by atoms with van der Waals surface area (Å²) in [7, 11) is -4.71. The Morgan fingerprint density at radius 1 is 1.43 bits per heavy atom. The topological polar surface area (TPSA) is 97.6 Å². The molecule has 0 saturated carbocycles. The second-order valence-corrected chi connectivity index (χ2v) is 6.08. The molecule has 1 fully saturated rings. The highest BCUT2D eigenvalue weighted by atomic mass is 32.3. The van der Waals surface area contributed by atoms with E-state index in [9.17, 15) is 31.6 Å². The number of benzene rings is 1. The molecular weight excluding hydrogens is 310 g/mol. The number of rotatable bonds is 4. The van der Waals surface area contributed by atoms with Crippen LogP contribution in [0.15, 0.2) is 18.2 Å². The van der Waals surface area contributed by atoms with Gasteiger partial charge in [-0.25, -0.2) is 0 Å². The number of nitro benzene ring substituents is 1. The van der Waals surface area contributed by atoms with Gasteiger partial charge in [0.25, 0.3) is 0 Å². The molecule has 0 aromatic heterocycles. The molecule has 0 radical (unpaired) electrons. The van der Waals surface area contributed by atoms with E-state index in [1.54, 1.807) is 0 Å². The minimum Gasteiger partial charge on any atom is -0.312 e. The van der Waals surface area contributed by atoms with Crippen molar-refractivity contribution in [1.29, 1.82) is 0 Å². The fourth-order valence-corrected chi connectivity index (χ4v) is 3.02. The van der Waals surface area contributed by atoms with Crippen molar-refractivity contribution in [2.24, 2.45) is 5.92 Å². The van der Waals surface area contributed by atoms with Gasteiger partial charge in [0.05, 0.1) is 16.4 Å². The van der Waals surface area contributed by atoms with E-state index in [2.05, 4.69) is 0 Å². The van der Waals surface area contributed by atoms with Crippen LogP contribution in [0.25, 0.3) is 0 Å². The average Bonchev–Trinajstić information content (AvgIpc) is 2.68. The first-order valence-electron chi connectivity index (χ1n) is 5.84. The number of hydrogen-bond acceptors (Lipinski definition) is 5. The van der Waals surface area contributed by atoms with Gasteiger partial charge in [-0.3, -0.25) is 14.9 Å². The Balaban J connectivity index is 2.25. The SMILES string of the molecule is O=C1CC(CS(=O)(=O)F)CN1c1ccc(F)c([N+](=O)[O-])c1.